The van der Waals surface area contributed by atoms with Crippen molar-refractivity contribution in [3.05, 3.63) is 23.2 Å². The molecule has 4 heteroatoms. The number of rotatable bonds is 3. The Labute approximate surface area is 81.4 Å². The Morgan fingerprint density at radius 1 is 1.69 bits per heavy atom. The third kappa shape index (κ3) is 1.95. The normalized spacial score (nSPS) is 10.0. The Balaban J connectivity index is 3.23. The van der Waals surface area contributed by atoms with Gasteiger partial charge in [0, 0.05) is 13.3 Å². The van der Waals surface area contributed by atoms with Gasteiger partial charge in [0.2, 0.25) is 0 Å². The van der Waals surface area contributed by atoms with Crippen molar-refractivity contribution in [2.24, 2.45) is 0 Å². The molecule has 0 aliphatic rings. The highest BCUT2D eigenvalue weighted by Crippen LogP contribution is 2.17. The van der Waals surface area contributed by atoms with Crippen molar-refractivity contribution in [1.82, 2.24) is 0 Å². The molecule has 0 aliphatic carbocycles. The molecule has 3 nitrogen and oxygen atoms in total. The molecule has 0 saturated heterocycles. The molecule has 1 heterocycles. The van der Waals surface area contributed by atoms with Crippen LogP contribution in [0.3, 0.4) is 0 Å². The molecule has 0 atom stereocenters. The van der Waals surface area contributed by atoms with E-state index in [9.17, 15) is 4.79 Å². The summed E-state index contributed by atoms with van der Waals surface area (Å²) in [5, 5.41) is 8.78. The molecule has 1 aromatic rings. The van der Waals surface area contributed by atoms with Crippen LogP contribution in [0.25, 0.3) is 0 Å². The number of carbonyl (C=O) groups excluding carboxylic acids is 1. The van der Waals surface area contributed by atoms with Crippen molar-refractivity contribution >= 4 is 23.1 Å². The summed E-state index contributed by atoms with van der Waals surface area (Å²) in [5.41, 5.74) is 0.319. The fraction of sp³-hybridized carbons (Fsp3) is 0.333. The number of aliphatic hydroxyl groups excluding tert-OH is 1. The van der Waals surface area contributed by atoms with Gasteiger partial charge in [0.05, 0.1) is 5.56 Å². The van der Waals surface area contributed by atoms with Crippen molar-refractivity contribution in [2.75, 3.05) is 0 Å². The highest BCUT2D eigenvalue weighted by molar-refractivity contribution is 7.80. The zero-order valence-electron chi connectivity index (χ0n) is 7.46. The third-order valence-electron chi connectivity index (χ3n) is 1.68. The Hall–Kier alpha value is -1.16. The van der Waals surface area contributed by atoms with Crippen LogP contribution in [0.15, 0.2) is 10.5 Å². The smallest absolute Gasteiger partial charge is 0.195 e. The van der Waals surface area contributed by atoms with Crippen molar-refractivity contribution in [3.63, 3.8) is 0 Å². The summed E-state index contributed by atoms with van der Waals surface area (Å²) in [4.78, 5) is 11.0. The predicted molar refractivity (Wildman–Crippen MR) is 52.4 cm³/mol. The van der Waals surface area contributed by atoms with Gasteiger partial charge in [-0.2, -0.15) is 0 Å². The van der Waals surface area contributed by atoms with E-state index in [2.05, 4.69) is 12.2 Å². The number of furan rings is 1. The number of aliphatic hydroxyl groups is 1. The number of Topliss-reactive ketones (excluding diaryl/α,β-unsaturated/α-hetero) is 1. The fourth-order valence-electron chi connectivity index (χ4n) is 1.04. The number of carbonyl (C=O) groups is 1. The number of aryl methyl sites for hydroxylation is 1. The average molecular weight is 198 g/mol. The molecule has 13 heavy (non-hydrogen) atoms. The molecule has 1 rings (SSSR count). The van der Waals surface area contributed by atoms with E-state index in [4.69, 9.17) is 9.52 Å². The molecule has 0 radical (unpaired) electrons. The van der Waals surface area contributed by atoms with Crippen LogP contribution in [0, 0.1) is 0 Å². The third-order valence-corrected chi connectivity index (χ3v) is 1.90. The summed E-state index contributed by atoms with van der Waals surface area (Å²) in [6.07, 6.45) is 0.670. The first-order chi connectivity index (χ1) is 6.06. The van der Waals surface area contributed by atoms with E-state index >= 15 is 0 Å². The van der Waals surface area contributed by atoms with Crippen molar-refractivity contribution in [3.8, 4) is 0 Å². The van der Waals surface area contributed by atoms with Gasteiger partial charge in [-0.05, 0) is 18.3 Å². The number of ketones is 1. The standard InChI is InChI=1S/C9H10O3S/c1-3-6-4-7(9(11)13)8(12-6)5(2)10/h4H,3H2,1-2H3,(H,11,13). The number of hydrogen-bond donors (Lipinski definition) is 1. The SMILES string of the molecule is CCc1cc(C(O)=S)c(C(C)=O)o1. The summed E-state index contributed by atoms with van der Waals surface area (Å²) >= 11 is 4.57. The largest absolute Gasteiger partial charge is 0.498 e. The zero-order chi connectivity index (χ0) is 10.0. The lowest BCUT2D eigenvalue weighted by Crippen LogP contribution is -2.00. The van der Waals surface area contributed by atoms with Gasteiger partial charge < -0.3 is 9.52 Å². The van der Waals surface area contributed by atoms with Crippen LogP contribution in [0.1, 0.15) is 35.7 Å². The van der Waals surface area contributed by atoms with Gasteiger partial charge in [-0.3, -0.25) is 4.79 Å². The van der Waals surface area contributed by atoms with Gasteiger partial charge in [-0.15, -0.1) is 0 Å². The fourth-order valence-corrected chi connectivity index (χ4v) is 1.19. The Morgan fingerprint density at radius 2 is 2.31 bits per heavy atom. The molecular formula is C9H10O3S. The van der Waals surface area contributed by atoms with E-state index in [1.54, 1.807) is 6.07 Å². The van der Waals surface area contributed by atoms with E-state index in [0.717, 1.165) is 0 Å². The Bertz CT molecular complexity index is 320. The molecule has 0 bridgehead atoms. The molecule has 0 unspecified atom stereocenters. The predicted octanol–water partition coefficient (Wildman–Crippen LogP) is 2.28. The Kier molecular flexibility index (Phi) is 2.83. The van der Waals surface area contributed by atoms with Crippen molar-refractivity contribution in [2.45, 2.75) is 20.3 Å². The molecule has 1 aromatic heterocycles. The minimum absolute atomic E-state index is 0.143. The summed E-state index contributed by atoms with van der Waals surface area (Å²) in [6, 6.07) is 1.60. The molecule has 0 aromatic carbocycles. The van der Waals surface area contributed by atoms with Gasteiger partial charge in [-0.1, -0.05) is 6.92 Å². The quantitative estimate of drug-likeness (QED) is 0.598. The molecule has 0 saturated carbocycles. The molecule has 0 fully saturated rings. The topological polar surface area (TPSA) is 50.4 Å². The van der Waals surface area contributed by atoms with E-state index < -0.39 is 0 Å². The van der Waals surface area contributed by atoms with Gasteiger partial charge in [0.25, 0.3) is 0 Å². The van der Waals surface area contributed by atoms with Gasteiger partial charge in [-0.25, -0.2) is 0 Å². The molecule has 0 aliphatic heterocycles. The van der Waals surface area contributed by atoms with Crippen LogP contribution < -0.4 is 0 Å². The number of hydrogen-bond acceptors (Lipinski definition) is 3. The van der Waals surface area contributed by atoms with E-state index in [0.29, 0.717) is 17.7 Å². The second kappa shape index (κ2) is 3.70. The summed E-state index contributed by atoms with van der Waals surface area (Å²) in [6.45, 7) is 3.27. The molecule has 0 amide bonds. The van der Waals surface area contributed by atoms with Crippen LogP contribution in [0.2, 0.25) is 0 Å². The summed E-state index contributed by atoms with van der Waals surface area (Å²) in [5.74, 6) is 0.562. The van der Waals surface area contributed by atoms with Crippen LogP contribution in [-0.4, -0.2) is 15.9 Å². The maximum atomic E-state index is 11.0. The molecule has 70 valence electrons. The average Bonchev–Trinajstić information content (AvgIpc) is 2.47. The second-order valence-corrected chi connectivity index (χ2v) is 3.06. The highest BCUT2D eigenvalue weighted by Gasteiger charge is 2.16. The zero-order valence-corrected chi connectivity index (χ0v) is 8.27. The van der Waals surface area contributed by atoms with Crippen LogP contribution >= 0.6 is 12.2 Å². The Morgan fingerprint density at radius 3 is 2.62 bits per heavy atom. The first-order valence-electron chi connectivity index (χ1n) is 3.93. The van der Waals surface area contributed by atoms with Gasteiger partial charge in [0.1, 0.15) is 5.76 Å². The first-order valence-corrected chi connectivity index (χ1v) is 4.34. The molecule has 1 N–H and O–H groups in total. The molecular weight excluding hydrogens is 188 g/mol. The van der Waals surface area contributed by atoms with Crippen molar-refractivity contribution < 1.29 is 14.3 Å². The maximum absolute atomic E-state index is 11.0. The van der Waals surface area contributed by atoms with Crippen LogP contribution in [-0.2, 0) is 6.42 Å². The van der Waals surface area contributed by atoms with Gasteiger partial charge in [0.15, 0.2) is 16.6 Å². The molecule has 0 spiro atoms. The monoisotopic (exact) mass is 198 g/mol. The first kappa shape index (κ1) is 9.92. The lowest BCUT2D eigenvalue weighted by atomic mass is 10.2. The van der Waals surface area contributed by atoms with Gasteiger partial charge >= 0.3 is 0 Å². The van der Waals surface area contributed by atoms with Crippen LogP contribution in [0.4, 0.5) is 0 Å². The highest BCUT2D eigenvalue weighted by atomic mass is 32.1. The maximum Gasteiger partial charge on any atom is 0.195 e. The van der Waals surface area contributed by atoms with E-state index in [1.807, 2.05) is 6.92 Å². The summed E-state index contributed by atoms with van der Waals surface area (Å²) in [7, 11) is 0. The lowest BCUT2D eigenvalue weighted by molar-refractivity contribution is 0.0985. The van der Waals surface area contributed by atoms with E-state index in [-0.39, 0.29) is 16.6 Å². The van der Waals surface area contributed by atoms with Crippen LogP contribution in [0.5, 0.6) is 0 Å². The van der Waals surface area contributed by atoms with Crippen molar-refractivity contribution in [1.29, 1.82) is 0 Å². The minimum Gasteiger partial charge on any atom is -0.498 e. The number of thiocarbonyl (C=S) groups is 1. The summed E-state index contributed by atoms with van der Waals surface area (Å²) < 4.78 is 5.19. The second-order valence-electron chi connectivity index (χ2n) is 2.67. The lowest BCUT2D eigenvalue weighted by Gasteiger charge is -1.92. The minimum atomic E-state index is -0.298. The van der Waals surface area contributed by atoms with E-state index in [1.165, 1.54) is 6.92 Å².